The zero-order valence-corrected chi connectivity index (χ0v) is 11.8. The minimum atomic E-state index is 0.287. The Morgan fingerprint density at radius 3 is 2.71 bits per heavy atom. The molecule has 2 unspecified atom stereocenters. The maximum absolute atomic E-state index is 9.05. The van der Waals surface area contributed by atoms with Crippen LogP contribution >= 0.6 is 0 Å². The first-order valence-corrected chi connectivity index (χ1v) is 7.22. The highest BCUT2D eigenvalue weighted by Crippen LogP contribution is 2.19. The van der Waals surface area contributed by atoms with Crippen molar-refractivity contribution < 1.29 is 5.11 Å². The van der Waals surface area contributed by atoms with Crippen LogP contribution in [0.4, 0.5) is 0 Å². The van der Waals surface area contributed by atoms with Gasteiger partial charge in [-0.2, -0.15) is 0 Å². The van der Waals surface area contributed by atoms with Gasteiger partial charge in [-0.3, -0.25) is 4.90 Å². The summed E-state index contributed by atoms with van der Waals surface area (Å²) in [5, 5.41) is 12.7. The van der Waals surface area contributed by atoms with E-state index in [0.29, 0.717) is 6.04 Å². The van der Waals surface area contributed by atoms with E-state index in [4.69, 9.17) is 5.11 Å². The summed E-state index contributed by atoms with van der Waals surface area (Å²) in [6, 6.07) is 0.624. The third-order valence-electron chi connectivity index (χ3n) is 3.76. The topological polar surface area (TPSA) is 35.5 Å². The molecule has 0 aliphatic carbocycles. The number of likely N-dealkylation sites (tertiary alicyclic amines) is 1. The molecular weight excluding hydrogens is 212 g/mol. The highest BCUT2D eigenvalue weighted by atomic mass is 16.3. The number of aliphatic hydroxyl groups is 1. The van der Waals surface area contributed by atoms with Gasteiger partial charge >= 0.3 is 0 Å². The molecule has 2 N–H and O–H groups in total. The third kappa shape index (κ3) is 5.84. The largest absolute Gasteiger partial charge is 0.395 e. The summed E-state index contributed by atoms with van der Waals surface area (Å²) in [7, 11) is 0. The van der Waals surface area contributed by atoms with Gasteiger partial charge in [-0.15, -0.1) is 0 Å². The van der Waals surface area contributed by atoms with Gasteiger partial charge in [0.05, 0.1) is 6.61 Å². The first-order valence-electron chi connectivity index (χ1n) is 7.22. The van der Waals surface area contributed by atoms with Crippen LogP contribution in [-0.2, 0) is 0 Å². The van der Waals surface area contributed by atoms with Gasteiger partial charge in [0.25, 0.3) is 0 Å². The Morgan fingerprint density at radius 2 is 2.12 bits per heavy atom. The quantitative estimate of drug-likeness (QED) is 0.713. The molecule has 1 rings (SSSR count). The van der Waals surface area contributed by atoms with Crippen LogP contribution in [-0.4, -0.2) is 48.8 Å². The van der Waals surface area contributed by atoms with Crippen molar-refractivity contribution in [3.8, 4) is 0 Å². The average Bonchev–Trinajstić information content (AvgIpc) is 2.28. The number of aliphatic hydroxyl groups excluding tert-OH is 1. The van der Waals surface area contributed by atoms with Crippen LogP contribution in [0.25, 0.3) is 0 Å². The number of rotatable bonds is 7. The zero-order valence-electron chi connectivity index (χ0n) is 11.8. The van der Waals surface area contributed by atoms with Crippen molar-refractivity contribution in [2.45, 2.75) is 46.1 Å². The van der Waals surface area contributed by atoms with Gasteiger partial charge in [-0.05, 0) is 31.2 Å². The van der Waals surface area contributed by atoms with Gasteiger partial charge in [-0.1, -0.05) is 27.2 Å². The molecule has 3 nitrogen and oxygen atoms in total. The van der Waals surface area contributed by atoms with E-state index in [1.807, 2.05) is 0 Å². The number of piperidine rings is 1. The third-order valence-corrected chi connectivity index (χ3v) is 3.76. The maximum atomic E-state index is 9.05. The second kappa shape index (κ2) is 8.06. The lowest BCUT2D eigenvalue weighted by Crippen LogP contribution is -2.50. The van der Waals surface area contributed by atoms with Crippen molar-refractivity contribution in [3.63, 3.8) is 0 Å². The van der Waals surface area contributed by atoms with E-state index < -0.39 is 0 Å². The second-order valence-electron chi connectivity index (χ2n) is 5.83. The molecule has 0 aromatic rings. The standard InChI is InChI=1S/C14H30N2O/c1-4-13-9-14(15-6-5-12(2)3)11-16(10-13)7-8-17/h12-15,17H,4-11H2,1-3H3. The van der Waals surface area contributed by atoms with Crippen molar-refractivity contribution in [1.29, 1.82) is 0 Å². The van der Waals surface area contributed by atoms with E-state index >= 15 is 0 Å². The lowest BCUT2D eigenvalue weighted by Gasteiger charge is -2.37. The van der Waals surface area contributed by atoms with Gasteiger partial charge in [0.1, 0.15) is 0 Å². The maximum Gasteiger partial charge on any atom is 0.0558 e. The molecule has 2 atom stereocenters. The molecule has 1 aliphatic rings. The summed E-state index contributed by atoms with van der Waals surface area (Å²) >= 11 is 0. The van der Waals surface area contributed by atoms with E-state index in [1.165, 1.54) is 25.8 Å². The molecule has 1 aliphatic heterocycles. The molecule has 0 bridgehead atoms. The molecule has 1 saturated heterocycles. The van der Waals surface area contributed by atoms with E-state index in [9.17, 15) is 0 Å². The van der Waals surface area contributed by atoms with Crippen LogP contribution in [0.2, 0.25) is 0 Å². The molecule has 3 heteroatoms. The molecule has 0 aromatic heterocycles. The molecule has 0 saturated carbocycles. The van der Waals surface area contributed by atoms with E-state index in [-0.39, 0.29) is 6.61 Å². The Bertz CT molecular complexity index is 197. The molecule has 1 heterocycles. The van der Waals surface area contributed by atoms with E-state index in [0.717, 1.165) is 31.5 Å². The Morgan fingerprint density at radius 1 is 1.35 bits per heavy atom. The van der Waals surface area contributed by atoms with Crippen LogP contribution in [0, 0.1) is 11.8 Å². The fourth-order valence-corrected chi connectivity index (χ4v) is 2.65. The van der Waals surface area contributed by atoms with Gasteiger partial charge in [0.15, 0.2) is 0 Å². The number of hydrogen-bond donors (Lipinski definition) is 2. The summed E-state index contributed by atoms with van der Waals surface area (Å²) in [6.07, 6.45) is 3.81. The predicted octanol–water partition coefficient (Wildman–Crippen LogP) is 1.71. The summed E-state index contributed by atoms with van der Waals surface area (Å²) in [5.41, 5.74) is 0. The number of nitrogens with one attached hydrogen (secondary N) is 1. The molecule has 1 fully saturated rings. The summed E-state index contributed by atoms with van der Waals surface area (Å²) in [4.78, 5) is 2.41. The summed E-state index contributed by atoms with van der Waals surface area (Å²) in [6.45, 7) is 11.3. The van der Waals surface area contributed by atoms with Gasteiger partial charge < -0.3 is 10.4 Å². The minimum Gasteiger partial charge on any atom is -0.395 e. The smallest absolute Gasteiger partial charge is 0.0558 e. The lowest BCUT2D eigenvalue weighted by molar-refractivity contribution is 0.114. The van der Waals surface area contributed by atoms with Crippen molar-refractivity contribution in [1.82, 2.24) is 10.2 Å². The molecule has 0 aromatic carbocycles. The highest BCUT2D eigenvalue weighted by Gasteiger charge is 2.25. The van der Waals surface area contributed by atoms with E-state index in [2.05, 4.69) is 31.0 Å². The van der Waals surface area contributed by atoms with Gasteiger partial charge in [0, 0.05) is 25.7 Å². The molecule has 102 valence electrons. The van der Waals surface area contributed by atoms with Crippen LogP contribution in [0.3, 0.4) is 0 Å². The van der Waals surface area contributed by atoms with Crippen LogP contribution in [0.1, 0.15) is 40.0 Å². The summed E-state index contributed by atoms with van der Waals surface area (Å²) in [5.74, 6) is 1.58. The first kappa shape index (κ1) is 14.9. The van der Waals surface area contributed by atoms with Crippen molar-refractivity contribution in [3.05, 3.63) is 0 Å². The van der Waals surface area contributed by atoms with Crippen molar-refractivity contribution >= 4 is 0 Å². The monoisotopic (exact) mass is 242 g/mol. The Labute approximate surface area is 107 Å². The number of nitrogens with zero attached hydrogens (tertiary/aromatic N) is 1. The van der Waals surface area contributed by atoms with Gasteiger partial charge in [-0.25, -0.2) is 0 Å². The first-order chi connectivity index (χ1) is 8.15. The molecule has 0 amide bonds. The predicted molar refractivity (Wildman–Crippen MR) is 73.2 cm³/mol. The van der Waals surface area contributed by atoms with E-state index in [1.54, 1.807) is 0 Å². The minimum absolute atomic E-state index is 0.287. The van der Waals surface area contributed by atoms with Crippen LogP contribution in [0.15, 0.2) is 0 Å². The van der Waals surface area contributed by atoms with Crippen LogP contribution < -0.4 is 5.32 Å². The Kier molecular flexibility index (Phi) is 7.09. The zero-order chi connectivity index (χ0) is 12.7. The van der Waals surface area contributed by atoms with Gasteiger partial charge in [0.2, 0.25) is 0 Å². The molecule has 0 spiro atoms. The Hall–Kier alpha value is -0.120. The molecule has 17 heavy (non-hydrogen) atoms. The fraction of sp³-hybridized carbons (Fsp3) is 1.00. The Balaban J connectivity index is 2.31. The average molecular weight is 242 g/mol. The highest BCUT2D eigenvalue weighted by molar-refractivity contribution is 4.82. The van der Waals surface area contributed by atoms with Crippen molar-refractivity contribution in [2.75, 3.05) is 32.8 Å². The summed E-state index contributed by atoms with van der Waals surface area (Å²) < 4.78 is 0. The fourth-order valence-electron chi connectivity index (χ4n) is 2.65. The normalized spacial score (nSPS) is 26.6. The SMILES string of the molecule is CCC1CC(NCCC(C)C)CN(CCO)C1. The number of hydrogen-bond acceptors (Lipinski definition) is 3. The molecule has 0 radical (unpaired) electrons. The molecular formula is C14H30N2O. The van der Waals surface area contributed by atoms with Crippen molar-refractivity contribution in [2.24, 2.45) is 11.8 Å². The number of β-amino-alcohol motifs (C(OH)–C–C–N with tert-alkyl or cyclic N) is 1. The lowest BCUT2D eigenvalue weighted by atomic mass is 9.92. The second-order valence-corrected chi connectivity index (χ2v) is 5.83. The van der Waals surface area contributed by atoms with Crippen LogP contribution in [0.5, 0.6) is 0 Å².